The summed E-state index contributed by atoms with van der Waals surface area (Å²) in [4.78, 5) is 0. The molecule has 0 radical (unpaired) electrons. The second kappa shape index (κ2) is 6.04. The lowest BCUT2D eigenvalue weighted by Crippen LogP contribution is -2.24. The molecule has 14 heavy (non-hydrogen) atoms. The van der Waals surface area contributed by atoms with Crippen LogP contribution in [0.3, 0.4) is 0 Å². The van der Waals surface area contributed by atoms with Gasteiger partial charge in [0.25, 0.3) is 0 Å². The molecule has 0 fully saturated rings. The Labute approximate surface area is 90.4 Å². The first-order valence-corrected chi connectivity index (χ1v) is 5.48. The summed E-state index contributed by atoms with van der Waals surface area (Å²) in [7, 11) is 1.93. The molecule has 1 atom stereocenters. The molecule has 1 N–H and O–H groups in total. The minimum absolute atomic E-state index is 0.254. The number of hydrogen-bond donors (Lipinski definition) is 1. The van der Waals surface area contributed by atoms with E-state index < -0.39 is 0 Å². The zero-order valence-electron chi connectivity index (χ0n) is 8.83. The highest BCUT2D eigenvalue weighted by Gasteiger charge is 2.00. The number of alkyl halides is 1. The summed E-state index contributed by atoms with van der Waals surface area (Å²) in [6.07, 6.45) is 5.97. The highest BCUT2D eigenvalue weighted by molar-refractivity contribution is 6.20. The van der Waals surface area contributed by atoms with E-state index >= 15 is 0 Å². The Morgan fingerprint density at radius 1 is 1.64 bits per heavy atom. The predicted octanol–water partition coefficient (Wildman–Crippen LogP) is 1.57. The quantitative estimate of drug-likeness (QED) is 0.577. The number of nitrogens with zero attached hydrogens (tertiary/aromatic N) is 2. The van der Waals surface area contributed by atoms with Gasteiger partial charge in [-0.1, -0.05) is 6.92 Å². The molecule has 0 saturated carbocycles. The number of aryl methyl sites for hydroxylation is 1. The van der Waals surface area contributed by atoms with E-state index in [-0.39, 0.29) is 5.38 Å². The fraction of sp³-hybridized carbons (Fsp3) is 0.700. The van der Waals surface area contributed by atoms with Gasteiger partial charge in [0.1, 0.15) is 0 Å². The van der Waals surface area contributed by atoms with Crippen molar-refractivity contribution in [2.45, 2.75) is 25.1 Å². The van der Waals surface area contributed by atoms with Gasteiger partial charge in [-0.2, -0.15) is 5.10 Å². The zero-order valence-corrected chi connectivity index (χ0v) is 9.59. The summed E-state index contributed by atoms with van der Waals surface area (Å²) in [6, 6.07) is 0. The van der Waals surface area contributed by atoms with E-state index in [0.717, 1.165) is 25.9 Å². The molecule has 1 unspecified atom stereocenters. The van der Waals surface area contributed by atoms with Crippen LogP contribution in [0.15, 0.2) is 12.4 Å². The molecule has 1 aromatic heterocycles. The van der Waals surface area contributed by atoms with Gasteiger partial charge in [-0.15, -0.1) is 11.6 Å². The Bertz CT molecular complexity index is 260. The van der Waals surface area contributed by atoms with Crippen molar-refractivity contribution in [1.29, 1.82) is 0 Å². The number of aromatic nitrogens is 2. The van der Waals surface area contributed by atoms with Crippen LogP contribution in [0.2, 0.25) is 0 Å². The lowest BCUT2D eigenvalue weighted by atomic mass is 10.2. The van der Waals surface area contributed by atoms with E-state index in [4.69, 9.17) is 11.6 Å². The second-order valence-corrected chi connectivity index (χ2v) is 4.10. The second-order valence-electron chi connectivity index (χ2n) is 3.48. The molecule has 0 bridgehead atoms. The van der Waals surface area contributed by atoms with Crippen LogP contribution in [-0.2, 0) is 13.5 Å². The average Bonchev–Trinajstić information content (AvgIpc) is 2.58. The van der Waals surface area contributed by atoms with E-state index in [1.54, 1.807) is 0 Å². The summed E-state index contributed by atoms with van der Waals surface area (Å²) >= 11 is 5.97. The molecular formula is C10H18ClN3. The van der Waals surface area contributed by atoms with Crippen molar-refractivity contribution in [1.82, 2.24) is 15.1 Å². The molecule has 1 aromatic rings. The molecule has 80 valence electrons. The third kappa shape index (κ3) is 4.11. The van der Waals surface area contributed by atoms with Gasteiger partial charge in [-0.3, -0.25) is 4.68 Å². The van der Waals surface area contributed by atoms with Gasteiger partial charge < -0.3 is 5.32 Å². The van der Waals surface area contributed by atoms with E-state index in [2.05, 4.69) is 17.3 Å². The van der Waals surface area contributed by atoms with Crippen LogP contribution in [0.1, 0.15) is 18.9 Å². The van der Waals surface area contributed by atoms with Crippen LogP contribution < -0.4 is 5.32 Å². The van der Waals surface area contributed by atoms with Crippen molar-refractivity contribution < 1.29 is 0 Å². The van der Waals surface area contributed by atoms with E-state index in [1.165, 1.54) is 5.56 Å². The first-order chi connectivity index (χ1) is 6.72. The molecular weight excluding hydrogens is 198 g/mol. The smallest absolute Gasteiger partial charge is 0.0522 e. The molecule has 0 spiro atoms. The van der Waals surface area contributed by atoms with E-state index in [9.17, 15) is 0 Å². The molecule has 0 aliphatic carbocycles. The highest BCUT2D eigenvalue weighted by atomic mass is 35.5. The van der Waals surface area contributed by atoms with Gasteiger partial charge in [0.2, 0.25) is 0 Å². The molecule has 0 aliphatic heterocycles. The standard InChI is InChI=1S/C10H18ClN3/c1-3-10(11)7-12-5-4-9-6-13-14(2)8-9/h6,8,10,12H,3-5,7H2,1-2H3. The van der Waals surface area contributed by atoms with Gasteiger partial charge in [0, 0.05) is 25.2 Å². The van der Waals surface area contributed by atoms with Crippen molar-refractivity contribution in [3.8, 4) is 0 Å². The first kappa shape index (κ1) is 11.5. The molecule has 3 nitrogen and oxygen atoms in total. The summed E-state index contributed by atoms with van der Waals surface area (Å²) in [5.41, 5.74) is 1.27. The molecule has 0 aromatic carbocycles. The van der Waals surface area contributed by atoms with E-state index in [1.807, 2.05) is 24.1 Å². The van der Waals surface area contributed by atoms with Gasteiger partial charge in [0.05, 0.1) is 6.20 Å². The van der Waals surface area contributed by atoms with Crippen molar-refractivity contribution in [2.24, 2.45) is 7.05 Å². The van der Waals surface area contributed by atoms with Crippen molar-refractivity contribution in [3.05, 3.63) is 18.0 Å². The third-order valence-electron chi connectivity index (χ3n) is 2.16. The van der Waals surface area contributed by atoms with Crippen LogP contribution in [-0.4, -0.2) is 28.2 Å². The Balaban J connectivity index is 2.10. The molecule has 0 amide bonds. The van der Waals surface area contributed by atoms with Crippen LogP contribution in [0.5, 0.6) is 0 Å². The maximum atomic E-state index is 5.97. The summed E-state index contributed by atoms with van der Waals surface area (Å²) < 4.78 is 1.83. The van der Waals surface area contributed by atoms with E-state index in [0.29, 0.717) is 0 Å². The van der Waals surface area contributed by atoms with Gasteiger partial charge >= 0.3 is 0 Å². The SMILES string of the molecule is CCC(Cl)CNCCc1cnn(C)c1. The molecule has 1 heterocycles. The minimum atomic E-state index is 0.254. The largest absolute Gasteiger partial charge is 0.315 e. The fourth-order valence-corrected chi connectivity index (χ4v) is 1.35. The van der Waals surface area contributed by atoms with Gasteiger partial charge in [0.15, 0.2) is 0 Å². The Morgan fingerprint density at radius 2 is 2.43 bits per heavy atom. The molecule has 0 aliphatic rings. The zero-order chi connectivity index (χ0) is 10.4. The third-order valence-corrected chi connectivity index (χ3v) is 2.62. The fourth-order valence-electron chi connectivity index (χ4n) is 1.24. The molecule has 0 saturated heterocycles. The van der Waals surface area contributed by atoms with Crippen LogP contribution in [0.4, 0.5) is 0 Å². The predicted molar refractivity (Wildman–Crippen MR) is 59.7 cm³/mol. The maximum absolute atomic E-state index is 5.97. The summed E-state index contributed by atoms with van der Waals surface area (Å²) in [5, 5.41) is 7.69. The van der Waals surface area contributed by atoms with Crippen LogP contribution >= 0.6 is 11.6 Å². The summed E-state index contributed by atoms with van der Waals surface area (Å²) in [5.74, 6) is 0. The highest BCUT2D eigenvalue weighted by Crippen LogP contribution is 1.99. The molecule has 4 heteroatoms. The average molecular weight is 216 g/mol. The number of halogens is 1. The number of rotatable bonds is 6. The van der Waals surface area contributed by atoms with Crippen molar-refractivity contribution >= 4 is 11.6 Å². The van der Waals surface area contributed by atoms with Crippen molar-refractivity contribution in [2.75, 3.05) is 13.1 Å². The summed E-state index contributed by atoms with van der Waals surface area (Å²) in [6.45, 7) is 3.95. The Kier molecular flexibility index (Phi) is 4.98. The topological polar surface area (TPSA) is 29.9 Å². The molecule has 1 rings (SSSR count). The van der Waals surface area contributed by atoms with Crippen molar-refractivity contribution in [3.63, 3.8) is 0 Å². The van der Waals surface area contributed by atoms with Crippen LogP contribution in [0, 0.1) is 0 Å². The lowest BCUT2D eigenvalue weighted by molar-refractivity contribution is 0.645. The minimum Gasteiger partial charge on any atom is -0.315 e. The first-order valence-electron chi connectivity index (χ1n) is 5.04. The number of hydrogen-bond acceptors (Lipinski definition) is 2. The maximum Gasteiger partial charge on any atom is 0.0522 e. The monoisotopic (exact) mass is 215 g/mol. The Morgan fingerprint density at radius 3 is 3.00 bits per heavy atom. The van der Waals surface area contributed by atoms with Gasteiger partial charge in [-0.25, -0.2) is 0 Å². The van der Waals surface area contributed by atoms with Gasteiger partial charge in [-0.05, 0) is 24.9 Å². The number of nitrogens with one attached hydrogen (secondary N) is 1. The normalized spacial score (nSPS) is 13.1. The Hall–Kier alpha value is -0.540. The lowest BCUT2D eigenvalue weighted by Gasteiger charge is -2.07. The van der Waals surface area contributed by atoms with Crippen LogP contribution in [0.25, 0.3) is 0 Å².